The van der Waals surface area contributed by atoms with Crippen LogP contribution in [0.15, 0.2) is 40.3 Å². The lowest BCUT2D eigenvalue weighted by atomic mass is 10.2. The second-order valence-electron chi connectivity index (χ2n) is 3.40. The Morgan fingerprint density at radius 1 is 1.40 bits per heavy atom. The van der Waals surface area contributed by atoms with Crippen molar-refractivity contribution in [1.82, 2.24) is 0 Å². The maximum absolute atomic E-state index is 11.6. The lowest BCUT2D eigenvalue weighted by molar-refractivity contribution is -0.116. The third-order valence-electron chi connectivity index (χ3n) is 2.39. The van der Waals surface area contributed by atoms with E-state index < -0.39 is 0 Å². The quantitative estimate of drug-likeness (QED) is 0.721. The highest BCUT2D eigenvalue weighted by atomic mass is 32.2. The van der Waals surface area contributed by atoms with Crippen molar-refractivity contribution in [2.24, 2.45) is 0 Å². The van der Waals surface area contributed by atoms with E-state index in [4.69, 9.17) is 0 Å². The zero-order valence-corrected chi connectivity index (χ0v) is 9.67. The van der Waals surface area contributed by atoms with Crippen molar-refractivity contribution in [1.29, 1.82) is 0 Å². The first-order chi connectivity index (χ1) is 7.24. The van der Waals surface area contributed by atoms with Crippen molar-refractivity contribution in [3.05, 3.63) is 35.4 Å². The lowest BCUT2D eigenvalue weighted by Crippen LogP contribution is -2.29. The van der Waals surface area contributed by atoms with E-state index in [1.165, 1.54) is 0 Å². The predicted octanol–water partition coefficient (Wildman–Crippen LogP) is 3.40. The van der Waals surface area contributed by atoms with Crippen LogP contribution >= 0.6 is 11.8 Å². The van der Waals surface area contributed by atoms with E-state index in [1.54, 1.807) is 23.6 Å². The Bertz CT molecular complexity index is 425. The summed E-state index contributed by atoms with van der Waals surface area (Å²) in [5.41, 5.74) is 2.08. The molecule has 1 heterocycles. The van der Waals surface area contributed by atoms with Crippen LogP contribution in [-0.2, 0) is 4.79 Å². The number of fused-ring (bicyclic) bond motifs is 1. The fourth-order valence-electron chi connectivity index (χ4n) is 1.69. The van der Waals surface area contributed by atoms with Crippen LogP contribution in [-0.4, -0.2) is 5.91 Å². The molecular formula is C12H13NOS. The third-order valence-corrected chi connectivity index (χ3v) is 3.38. The standard InChI is InChI=1S/C12H13NOS/c1-3-10-8-15-12-7-5-4-6-11(12)13(10)9(2)14/h4-8H,3H2,1-2H3. The van der Waals surface area contributed by atoms with Gasteiger partial charge in [-0.15, -0.1) is 0 Å². The fraction of sp³-hybridized carbons (Fsp3) is 0.250. The van der Waals surface area contributed by atoms with Crippen LogP contribution in [0.5, 0.6) is 0 Å². The molecule has 15 heavy (non-hydrogen) atoms. The Morgan fingerprint density at radius 3 is 2.80 bits per heavy atom. The molecule has 1 aromatic carbocycles. The van der Waals surface area contributed by atoms with Gasteiger partial charge in [0, 0.05) is 17.5 Å². The zero-order chi connectivity index (χ0) is 10.8. The number of thioether (sulfide) groups is 1. The monoisotopic (exact) mass is 219 g/mol. The average molecular weight is 219 g/mol. The van der Waals surface area contributed by atoms with Gasteiger partial charge in [0.15, 0.2) is 0 Å². The minimum absolute atomic E-state index is 0.0795. The molecule has 0 bridgehead atoms. The van der Waals surface area contributed by atoms with Gasteiger partial charge in [0.05, 0.1) is 5.69 Å². The summed E-state index contributed by atoms with van der Waals surface area (Å²) in [5, 5.41) is 2.06. The van der Waals surface area contributed by atoms with Gasteiger partial charge in [-0.1, -0.05) is 30.8 Å². The van der Waals surface area contributed by atoms with E-state index in [2.05, 4.69) is 12.3 Å². The number of nitrogens with zero attached hydrogens (tertiary/aromatic N) is 1. The molecule has 0 atom stereocenters. The molecule has 0 radical (unpaired) electrons. The summed E-state index contributed by atoms with van der Waals surface area (Å²) < 4.78 is 0. The van der Waals surface area contributed by atoms with Crippen LogP contribution in [0.4, 0.5) is 5.69 Å². The third kappa shape index (κ3) is 1.79. The summed E-state index contributed by atoms with van der Waals surface area (Å²) in [6, 6.07) is 7.99. The van der Waals surface area contributed by atoms with Crippen molar-refractivity contribution in [3.8, 4) is 0 Å². The van der Waals surface area contributed by atoms with Crippen LogP contribution in [0, 0.1) is 0 Å². The van der Waals surface area contributed by atoms with Crippen LogP contribution in [0.2, 0.25) is 0 Å². The normalized spacial score (nSPS) is 14.5. The molecule has 1 amide bonds. The molecule has 1 aliphatic heterocycles. The van der Waals surface area contributed by atoms with Gasteiger partial charge in [0.1, 0.15) is 0 Å². The number of carbonyl (C=O) groups excluding carboxylic acids is 1. The molecule has 3 heteroatoms. The molecule has 1 aromatic rings. The molecule has 0 saturated carbocycles. The first-order valence-corrected chi connectivity index (χ1v) is 5.87. The smallest absolute Gasteiger partial charge is 0.228 e. The van der Waals surface area contributed by atoms with Crippen LogP contribution in [0.3, 0.4) is 0 Å². The highest BCUT2D eigenvalue weighted by Crippen LogP contribution is 2.39. The van der Waals surface area contributed by atoms with E-state index in [0.717, 1.165) is 22.7 Å². The van der Waals surface area contributed by atoms with Gasteiger partial charge in [-0.3, -0.25) is 9.69 Å². The number of anilines is 1. The lowest BCUT2D eigenvalue weighted by Gasteiger charge is -2.28. The Hall–Kier alpha value is -1.22. The Labute approximate surface area is 94.0 Å². The summed E-state index contributed by atoms with van der Waals surface area (Å²) in [6.07, 6.45) is 0.876. The molecule has 0 spiro atoms. The number of hydrogen-bond acceptors (Lipinski definition) is 2. The van der Waals surface area contributed by atoms with Crippen LogP contribution < -0.4 is 4.90 Å². The van der Waals surface area contributed by atoms with Crippen molar-refractivity contribution in [3.63, 3.8) is 0 Å². The molecule has 78 valence electrons. The molecule has 0 fully saturated rings. The largest absolute Gasteiger partial charge is 0.283 e. The minimum Gasteiger partial charge on any atom is -0.283 e. The molecule has 2 rings (SSSR count). The van der Waals surface area contributed by atoms with Gasteiger partial charge in [0.25, 0.3) is 0 Å². The number of amides is 1. The summed E-state index contributed by atoms with van der Waals surface area (Å²) in [7, 11) is 0. The summed E-state index contributed by atoms with van der Waals surface area (Å²) in [6.45, 7) is 3.67. The van der Waals surface area contributed by atoms with Gasteiger partial charge in [0.2, 0.25) is 5.91 Å². The highest BCUT2D eigenvalue weighted by molar-refractivity contribution is 8.02. The van der Waals surface area contributed by atoms with E-state index in [1.807, 2.05) is 24.3 Å². The Morgan fingerprint density at radius 2 is 2.13 bits per heavy atom. The molecular weight excluding hydrogens is 206 g/mol. The Kier molecular flexibility index (Phi) is 2.82. The zero-order valence-electron chi connectivity index (χ0n) is 8.86. The van der Waals surface area contributed by atoms with Crippen molar-refractivity contribution < 1.29 is 4.79 Å². The van der Waals surface area contributed by atoms with Crippen molar-refractivity contribution in [2.45, 2.75) is 25.2 Å². The van der Waals surface area contributed by atoms with Gasteiger partial charge >= 0.3 is 0 Å². The molecule has 0 N–H and O–H groups in total. The van der Waals surface area contributed by atoms with E-state index in [0.29, 0.717) is 0 Å². The average Bonchev–Trinajstić information content (AvgIpc) is 2.27. The van der Waals surface area contributed by atoms with Crippen molar-refractivity contribution in [2.75, 3.05) is 4.90 Å². The van der Waals surface area contributed by atoms with Gasteiger partial charge < -0.3 is 0 Å². The number of benzene rings is 1. The van der Waals surface area contributed by atoms with Crippen LogP contribution in [0.1, 0.15) is 20.3 Å². The number of para-hydroxylation sites is 1. The highest BCUT2D eigenvalue weighted by Gasteiger charge is 2.21. The van der Waals surface area contributed by atoms with E-state index in [-0.39, 0.29) is 5.91 Å². The number of hydrogen-bond donors (Lipinski definition) is 0. The first kappa shape index (κ1) is 10.3. The van der Waals surface area contributed by atoms with Crippen LogP contribution in [0.25, 0.3) is 0 Å². The maximum Gasteiger partial charge on any atom is 0.228 e. The maximum atomic E-state index is 11.6. The second-order valence-corrected chi connectivity index (χ2v) is 4.31. The number of allylic oxidation sites excluding steroid dienone is 1. The molecule has 1 aliphatic rings. The predicted molar refractivity (Wildman–Crippen MR) is 63.8 cm³/mol. The minimum atomic E-state index is 0.0795. The SMILES string of the molecule is CCC1=CSc2ccccc2N1C(C)=O. The molecule has 0 unspecified atom stereocenters. The molecule has 0 aromatic heterocycles. The topological polar surface area (TPSA) is 20.3 Å². The summed E-state index contributed by atoms with van der Waals surface area (Å²) in [5.74, 6) is 0.0795. The Balaban J connectivity index is 2.49. The number of rotatable bonds is 1. The number of carbonyl (C=O) groups is 1. The summed E-state index contributed by atoms with van der Waals surface area (Å²) >= 11 is 1.69. The van der Waals surface area contributed by atoms with Crippen molar-refractivity contribution >= 4 is 23.4 Å². The fourth-order valence-corrected chi connectivity index (χ4v) is 2.67. The van der Waals surface area contributed by atoms with Gasteiger partial charge in [-0.2, -0.15) is 0 Å². The second kappa shape index (κ2) is 4.11. The van der Waals surface area contributed by atoms with E-state index in [9.17, 15) is 4.79 Å². The molecule has 2 nitrogen and oxygen atoms in total. The summed E-state index contributed by atoms with van der Waals surface area (Å²) in [4.78, 5) is 14.5. The molecule has 0 saturated heterocycles. The van der Waals surface area contributed by atoms with E-state index >= 15 is 0 Å². The first-order valence-electron chi connectivity index (χ1n) is 4.99. The van der Waals surface area contributed by atoms with Gasteiger partial charge in [-0.25, -0.2) is 0 Å². The molecule has 0 aliphatic carbocycles. The van der Waals surface area contributed by atoms with Gasteiger partial charge in [-0.05, 0) is 24.0 Å².